The lowest BCUT2D eigenvalue weighted by molar-refractivity contribution is -0.118. The molecule has 0 saturated heterocycles. The highest BCUT2D eigenvalue weighted by atomic mass is 19.1. The first-order valence-electron chi connectivity index (χ1n) is 7.62. The van der Waals surface area contributed by atoms with Crippen LogP contribution in [-0.4, -0.2) is 19.0 Å². The van der Waals surface area contributed by atoms with E-state index >= 15 is 0 Å². The van der Waals surface area contributed by atoms with Gasteiger partial charge in [-0.1, -0.05) is 30.3 Å². The summed E-state index contributed by atoms with van der Waals surface area (Å²) in [6.45, 7) is 1.19. The molecular formula is C18H19FN2O. The van der Waals surface area contributed by atoms with E-state index in [0.717, 1.165) is 25.1 Å². The van der Waals surface area contributed by atoms with Crippen molar-refractivity contribution in [3.05, 3.63) is 59.9 Å². The highest BCUT2D eigenvalue weighted by molar-refractivity contribution is 5.94. The average molecular weight is 298 g/mol. The van der Waals surface area contributed by atoms with Crippen molar-refractivity contribution in [3.63, 3.8) is 0 Å². The van der Waals surface area contributed by atoms with Gasteiger partial charge in [0.25, 0.3) is 0 Å². The average Bonchev–Trinajstić information content (AvgIpc) is 2.56. The summed E-state index contributed by atoms with van der Waals surface area (Å²) in [7, 11) is 0. The summed E-state index contributed by atoms with van der Waals surface area (Å²) in [4.78, 5) is 14.3. The van der Waals surface area contributed by atoms with Crippen LogP contribution in [0.3, 0.4) is 0 Å². The highest BCUT2D eigenvalue weighted by Gasteiger charge is 2.21. The zero-order valence-electron chi connectivity index (χ0n) is 12.4. The number of carbonyl (C=O) groups is 1. The topological polar surface area (TPSA) is 32.3 Å². The maximum Gasteiger partial charge on any atom is 0.228 e. The van der Waals surface area contributed by atoms with Gasteiger partial charge in [0.15, 0.2) is 0 Å². The van der Waals surface area contributed by atoms with Crippen molar-refractivity contribution in [1.82, 2.24) is 0 Å². The third-order valence-electron chi connectivity index (χ3n) is 3.94. The van der Waals surface area contributed by atoms with Crippen LogP contribution in [-0.2, 0) is 11.2 Å². The number of anilines is 2. The fourth-order valence-corrected chi connectivity index (χ4v) is 2.84. The molecule has 0 aromatic heterocycles. The summed E-state index contributed by atoms with van der Waals surface area (Å²) in [5.41, 5.74) is 2.68. The molecule has 0 bridgehead atoms. The van der Waals surface area contributed by atoms with Gasteiger partial charge in [-0.05, 0) is 36.6 Å². The van der Waals surface area contributed by atoms with Crippen molar-refractivity contribution in [2.75, 3.05) is 23.3 Å². The predicted molar refractivity (Wildman–Crippen MR) is 86.6 cm³/mol. The van der Waals surface area contributed by atoms with Gasteiger partial charge in [-0.25, -0.2) is 4.39 Å². The number of nitrogens with one attached hydrogen (secondary N) is 1. The Morgan fingerprint density at radius 1 is 1.14 bits per heavy atom. The van der Waals surface area contributed by atoms with Crippen LogP contribution in [0.5, 0.6) is 0 Å². The van der Waals surface area contributed by atoms with E-state index in [-0.39, 0.29) is 11.7 Å². The van der Waals surface area contributed by atoms with Crippen LogP contribution in [0.15, 0.2) is 48.5 Å². The second-order valence-electron chi connectivity index (χ2n) is 5.43. The van der Waals surface area contributed by atoms with Gasteiger partial charge >= 0.3 is 0 Å². The van der Waals surface area contributed by atoms with Crippen molar-refractivity contribution in [1.29, 1.82) is 0 Å². The van der Waals surface area contributed by atoms with Crippen molar-refractivity contribution in [3.8, 4) is 0 Å². The quantitative estimate of drug-likeness (QED) is 0.935. The molecule has 3 nitrogen and oxygen atoms in total. The van der Waals surface area contributed by atoms with E-state index in [4.69, 9.17) is 0 Å². The molecule has 22 heavy (non-hydrogen) atoms. The normalized spacial score (nSPS) is 13.6. The second-order valence-corrected chi connectivity index (χ2v) is 5.43. The van der Waals surface area contributed by atoms with E-state index in [1.807, 2.05) is 23.1 Å². The third kappa shape index (κ3) is 3.11. The van der Waals surface area contributed by atoms with Gasteiger partial charge in [0, 0.05) is 25.2 Å². The number of halogens is 1. The number of fused-ring (bicyclic) bond motifs is 1. The Balaban J connectivity index is 1.60. The molecule has 0 fully saturated rings. The smallest absolute Gasteiger partial charge is 0.228 e. The molecule has 3 rings (SSSR count). The van der Waals surface area contributed by atoms with Crippen LogP contribution in [0.25, 0.3) is 0 Å². The lowest BCUT2D eigenvalue weighted by Crippen LogP contribution is -2.36. The summed E-state index contributed by atoms with van der Waals surface area (Å²) in [6, 6.07) is 14.5. The van der Waals surface area contributed by atoms with E-state index < -0.39 is 0 Å². The van der Waals surface area contributed by atoms with Crippen LogP contribution < -0.4 is 10.2 Å². The number of carbonyl (C=O) groups excluding carboxylic acids is 1. The van der Waals surface area contributed by atoms with Crippen LogP contribution in [0.1, 0.15) is 18.4 Å². The van der Waals surface area contributed by atoms with E-state index in [9.17, 15) is 9.18 Å². The zero-order valence-corrected chi connectivity index (χ0v) is 12.4. The Morgan fingerprint density at radius 3 is 2.77 bits per heavy atom. The molecule has 1 N–H and O–H groups in total. The highest BCUT2D eigenvalue weighted by Crippen LogP contribution is 2.27. The Labute approximate surface area is 129 Å². The minimum Gasteiger partial charge on any atom is -0.382 e. The number of benzene rings is 2. The lowest BCUT2D eigenvalue weighted by Gasteiger charge is -2.29. The van der Waals surface area contributed by atoms with Gasteiger partial charge in [-0.15, -0.1) is 0 Å². The largest absolute Gasteiger partial charge is 0.382 e. The number of hydrogen-bond donors (Lipinski definition) is 1. The van der Waals surface area contributed by atoms with Crippen LogP contribution in [0.2, 0.25) is 0 Å². The molecule has 1 heterocycles. The standard InChI is InChI=1S/C18H19FN2O/c19-15-8-2-3-9-16(15)20-12-11-18(22)21-13-5-7-14-6-1-4-10-17(14)21/h1-4,6,8-10,20H,5,7,11-13H2. The summed E-state index contributed by atoms with van der Waals surface area (Å²) in [5.74, 6) is -0.214. The lowest BCUT2D eigenvalue weighted by atomic mass is 10.0. The maximum absolute atomic E-state index is 13.5. The summed E-state index contributed by atoms with van der Waals surface area (Å²) >= 11 is 0. The van der Waals surface area contributed by atoms with Gasteiger partial charge in [0.05, 0.1) is 5.69 Å². The molecule has 0 spiro atoms. The molecule has 1 aliphatic heterocycles. The number of amides is 1. The Kier molecular flexibility index (Phi) is 4.37. The first-order valence-corrected chi connectivity index (χ1v) is 7.62. The van der Waals surface area contributed by atoms with Crippen LogP contribution in [0, 0.1) is 5.82 Å². The number of para-hydroxylation sites is 2. The molecule has 4 heteroatoms. The Morgan fingerprint density at radius 2 is 1.91 bits per heavy atom. The molecule has 0 aliphatic carbocycles. The minimum atomic E-state index is -0.293. The van der Waals surface area contributed by atoms with E-state index in [0.29, 0.717) is 18.7 Å². The fraction of sp³-hybridized carbons (Fsp3) is 0.278. The zero-order chi connectivity index (χ0) is 15.4. The Hall–Kier alpha value is -2.36. The third-order valence-corrected chi connectivity index (χ3v) is 3.94. The van der Waals surface area contributed by atoms with Gasteiger partial charge in [0.1, 0.15) is 5.82 Å². The van der Waals surface area contributed by atoms with Crippen LogP contribution in [0.4, 0.5) is 15.8 Å². The van der Waals surface area contributed by atoms with Gasteiger partial charge in [-0.2, -0.15) is 0 Å². The summed E-state index contributed by atoms with van der Waals surface area (Å²) < 4.78 is 13.5. The molecule has 2 aromatic rings. The van der Waals surface area contributed by atoms with E-state index in [2.05, 4.69) is 11.4 Å². The SMILES string of the molecule is O=C(CCNc1ccccc1F)N1CCCc2ccccc21. The molecule has 2 aromatic carbocycles. The van der Waals surface area contributed by atoms with Crippen molar-refractivity contribution in [2.45, 2.75) is 19.3 Å². The van der Waals surface area contributed by atoms with Gasteiger partial charge in [0.2, 0.25) is 5.91 Å². The second kappa shape index (κ2) is 6.60. The first-order chi connectivity index (χ1) is 10.8. The monoisotopic (exact) mass is 298 g/mol. The molecule has 1 aliphatic rings. The minimum absolute atomic E-state index is 0.0796. The number of rotatable bonds is 4. The molecular weight excluding hydrogens is 279 g/mol. The predicted octanol–water partition coefficient (Wildman–Crippen LogP) is 3.61. The van der Waals surface area contributed by atoms with Crippen molar-refractivity contribution >= 4 is 17.3 Å². The first kappa shape index (κ1) is 14.6. The molecule has 114 valence electrons. The summed E-state index contributed by atoms with van der Waals surface area (Å²) in [6.07, 6.45) is 2.36. The van der Waals surface area contributed by atoms with E-state index in [1.165, 1.54) is 11.6 Å². The van der Waals surface area contributed by atoms with Crippen molar-refractivity contribution in [2.24, 2.45) is 0 Å². The summed E-state index contributed by atoms with van der Waals surface area (Å²) in [5, 5.41) is 2.98. The molecule has 0 radical (unpaired) electrons. The maximum atomic E-state index is 13.5. The molecule has 1 amide bonds. The Bertz CT molecular complexity index is 672. The molecule has 0 atom stereocenters. The number of nitrogens with zero attached hydrogens (tertiary/aromatic N) is 1. The van der Waals surface area contributed by atoms with Crippen molar-refractivity contribution < 1.29 is 9.18 Å². The van der Waals surface area contributed by atoms with Crippen LogP contribution >= 0.6 is 0 Å². The fourth-order valence-electron chi connectivity index (χ4n) is 2.84. The van der Waals surface area contributed by atoms with Gasteiger partial charge < -0.3 is 10.2 Å². The number of hydrogen-bond acceptors (Lipinski definition) is 2. The molecule has 0 saturated carbocycles. The number of aryl methyl sites for hydroxylation is 1. The van der Waals surface area contributed by atoms with Gasteiger partial charge in [-0.3, -0.25) is 4.79 Å². The van der Waals surface area contributed by atoms with E-state index in [1.54, 1.807) is 18.2 Å². The molecule has 0 unspecified atom stereocenters.